The molecule has 0 spiro atoms. The number of esters is 1. The highest BCUT2D eigenvalue weighted by Gasteiger charge is 2.16. The number of anilines is 1. The highest BCUT2D eigenvalue weighted by atomic mass is 32.2. The summed E-state index contributed by atoms with van der Waals surface area (Å²) in [5, 5.41) is 12.6. The molecule has 0 unspecified atom stereocenters. The van der Waals surface area contributed by atoms with Gasteiger partial charge in [0.2, 0.25) is 10.0 Å². The van der Waals surface area contributed by atoms with Crippen LogP contribution in [0.3, 0.4) is 0 Å². The van der Waals surface area contributed by atoms with Gasteiger partial charge in [0.25, 0.3) is 0 Å². The van der Waals surface area contributed by atoms with E-state index in [0.717, 1.165) is 0 Å². The van der Waals surface area contributed by atoms with Crippen molar-refractivity contribution in [3.8, 4) is 6.07 Å². The molecule has 0 atom stereocenters. The first-order valence-electron chi connectivity index (χ1n) is 5.39. The molecular weight excluding hydrogens is 272 g/mol. The quantitative estimate of drug-likeness (QED) is 0.735. The van der Waals surface area contributed by atoms with Crippen molar-refractivity contribution in [2.45, 2.75) is 12.8 Å². The van der Waals surface area contributed by atoms with Crippen molar-refractivity contribution in [3.63, 3.8) is 0 Å². The van der Waals surface area contributed by atoms with Crippen molar-refractivity contribution in [2.75, 3.05) is 17.6 Å². The van der Waals surface area contributed by atoms with E-state index in [-0.39, 0.29) is 30.0 Å². The summed E-state index contributed by atoms with van der Waals surface area (Å²) in [4.78, 5) is 10.9. The number of methoxy groups -OCH3 is 1. The topological polar surface area (TPSA) is 114 Å². The molecule has 19 heavy (non-hydrogen) atoms. The highest BCUT2D eigenvalue weighted by molar-refractivity contribution is 7.92. The van der Waals surface area contributed by atoms with E-state index in [0.29, 0.717) is 0 Å². The summed E-state index contributed by atoms with van der Waals surface area (Å²) >= 11 is 0. The van der Waals surface area contributed by atoms with E-state index < -0.39 is 16.0 Å². The van der Waals surface area contributed by atoms with Gasteiger partial charge in [-0.1, -0.05) is 0 Å². The molecule has 1 aromatic rings. The van der Waals surface area contributed by atoms with Gasteiger partial charge in [-0.05, 0) is 6.42 Å². The van der Waals surface area contributed by atoms with E-state index in [2.05, 4.69) is 14.6 Å². The Morgan fingerprint density at radius 1 is 1.63 bits per heavy atom. The van der Waals surface area contributed by atoms with Crippen LogP contribution in [-0.4, -0.2) is 37.0 Å². The van der Waals surface area contributed by atoms with Crippen LogP contribution in [0.15, 0.2) is 6.20 Å². The largest absolute Gasteiger partial charge is 0.469 e. The molecule has 1 aromatic heterocycles. The molecule has 104 valence electrons. The molecule has 1 rings (SSSR count). The molecule has 0 aromatic carbocycles. The van der Waals surface area contributed by atoms with Gasteiger partial charge in [0.1, 0.15) is 11.6 Å². The van der Waals surface area contributed by atoms with E-state index in [4.69, 9.17) is 5.26 Å². The van der Waals surface area contributed by atoms with Gasteiger partial charge >= 0.3 is 5.97 Å². The van der Waals surface area contributed by atoms with Gasteiger partial charge in [-0.2, -0.15) is 10.4 Å². The zero-order valence-corrected chi connectivity index (χ0v) is 11.4. The third-order valence-corrected chi connectivity index (χ3v) is 3.55. The normalized spacial score (nSPS) is 10.8. The predicted molar refractivity (Wildman–Crippen MR) is 66.6 cm³/mol. The Morgan fingerprint density at radius 3 is 2.89 bits per heavy atom. The number of hydrogen-bond donors (Lipinski definition) is 1. The first-order valence-corrected chi connectivity index (χ1v) is 7.04. The van der Waals surface area contributed by atoms with Crippen LogP contribution < -0.4 is 4.72 Å². The summed E-state index contributed by atoms with van der Waals surface area (Å²) in [5.74, 6) is -0.724. The van der Waals surface area contributed by atoms with Crippen molar-refractivity contribution < 1.29 is 17.9 Å². The number of hydrogen-bond acceptors (Lipinski definition) is 6. The molecular formula is C10H14N4O4S. The summed E-state index contributed by atoms with van der Waals surface area (Å²) < 4.78 is 31.4. The van der Waals surface area contributed by atoms with Crippen molar-refractivity contribution >= 4 is 21.8 Å². The van der Waals surface area contributed by atoms with Gasteiger partial charge in [0.05, 0.1) is 12.9 Å². The molecule has 0 radical (unpaired) electrons. The minimum Gasteiger partial charge on any atom is -0.469 e. The smallest absolute Gasteiger partial charge is 0.305 e. The number of aromatic nitrogens is 2. The van der Waals surface area contributed by atoms with Crippen LogP contribution in [0.1, 0.15) is 18.4 Å². The maximum atomic E-state index is 11.7. The van der Waals surface area contributed by atoms with Crippen molar-refractivity contribution in [3.05, 3.63) is 11.8 Å². The number of ether oxygens (including phenoxy) is 1. The van der Waals surface area contributed by atoms with Gasteiger partial charge in [-0.15, -0.1) is 0 Å². The van der Waals surface area contributed by atoms with Crippen LogP contribution in [0.5, 0.6) is 0 Å². The molecule has 8 nitrogen and oxygen atoms in total. The zero-order chi connectivity index (χ0) is 14.5. The number of carbonyl (C=O) groups excluding carboxylic acids is 1. The second kappa shape index (κ2) is 6.19. The third-order valence-electron chi connectivity index (χ3n) is 2.22. The molecule has 0 amide bonds. The summed E-state index contributed by atoms with van der Waals surface area (Å²) in [6.45, 7) is 0. The monoisotopic (exact) mass is 286 g/mol. The molecule has 0 fully saturated rings. The molecule has 0 saturated heterocycles. The Labute approximate surface area is 111 Å². The lowest BCUT2D eigenvalue weighted by atomic mass is 10.3. The van der Waals surface area contributed by atoms with Crippen LogP contribution in [0.2, 0.25) is 0 Å². The van der Waals surface area contributed by atoms with Gasteiger partial charge in [-0.25, -0.2) is 8.42 Å². The molecule has 1 heterocycles. The SMILES string of the molecule is COC(=O)CCCS(=O)(=O)Nc1nn(C)cc1C#N. The minimum absolute atomic E-state index is 0.0110. The first kappa shape index (κ1) is 15.0. The molecule has 0 bridgehead atoms. The van der Waals surface area contributed by atoms with Crippen LogP contribution in [0.4, 0.5) is 5.82 Å². The lowest BCUT2D eigenvalue weighted by Crippen LogP contribution is -2.18. The number of nitriles is 1. The van der Waals surface area contributed by atoms with Gasteiger partial charge in [0, 0.05) is 19.7 Å². The second-order valence-corrected chi connectivity index (χ2v) is 5.62. The average Bonchev–Trinajstić information content (AvgIpc) is 2.67. The average molecular weight is 286 g/mol. The Hall–Kier alpha value is -2.08. The Kier molecular flexibility index (Phi) is 4.88. The van der Waals surface area contributed by atoms with Crippen LogP contribution in [0.25, 0.3) is 0 Å². The van der Waals surface area contributed by atoms with Crippen LogP contribution in [-0.2, 0) is 26.6 Å². The van der Waals surface area contributed by atoms with Crippen molar-refractivity contribution in [2.24, 2.45) is 7.05 Å². The molecule has 0 aliphatic carbocycles. The number of nitrogens with zero attached hydrogens (tertiary/aromatic N) is 3. The maximum Gasteiger partial charge on any atom is 0.305 e. The summed E-state index contributed by atoms with van der Waals surface area (Å²) in [7, 11) is -0.825. The molecule has 0 aliphatic rings. The maximum absolute atomic E-state index is 11.7. The Balaban J connectivity index is 2.64. The van der Waals surface area contributed by atoms with Crippen LogP contribution in [0, 0.1) is 11.3 Å². The van der Waals surface area contributed by atoms with Crippen molar-refractivity contribution in [1.29, 1.82) is 5.26 Å². The fourth-order valence-corrected chi connectivity index (χ4v) is 2.42. The molecule has 1 N–H and O–H groups in total. The fourth-order valence-electron chi connectivity index (χ4n) is 1.35. The highest BCUT2D eigenvalue weighted by Crippen LogP contribution is 2.13. The number of sulfonamides is 1. The standard InChI is InChI=1S/C10H14N4O4S/c1-14-7-8(6-11)10(12-14)13-19(16,17)5-3-4-9(15)18-2/h7H,3-5H2,1-2H3,(H,12,13). The zero-order valence-electron chi connectivity index (χ0n) is 10.6. The first-order chi connectivity index (χ1) is 8.88. The third kappa shape index (κ3) is 4.59. The van der Waals surface area contributed by atoms with E-state index >= 15 is 0 Å². The number of carbonyl (C=O) groups is 1. The predicted octanol–water partition coefficient (Wildman–Crippen LogP) is -0.0133. The van der Waals surface area contributed by atoms with Gasteiger partial charge < -0.3 is 4.74 Å². The van der Waals surface area contributed by atoms with Crippen LogP contribution >= 0.6 is 0 Å². The second-order valence-electron chi connectivity index (χ2n) is 3.78. The van der Waals surface area contributed by atoms with E-state index in [1.807, 2.05) is 6.07 Å². The van der Waals surface area contributed by atoms with E-state index in [9.17, 15) is 13.2 Å². The number of nitrogens with one attached hydrogen (secondary N) is 1. The van der Waals surface area contributed by atoms with Gasteiger partial charge in [-0.3, -0.25) is 14.2 Å². The summed E-state index contributed by atoms with van der Waals surface area (Å²) in [6.07, 6.45) is 1.56. The summed E-state index contributed by atoms with van der Waals surface area (Å²) in [6, 6.07) is 1.84. The molecule has 0 aliphatic heterocycles. The Morgan fingerprint density at radius 2 is 2.32 bits per heavy atom. The summed E-state index contributed by atoms with van der Waals surface area (Å²) in [5.41, 5.74) is 0.138. The lowest BCUT2D eigenvalue weighted by Gasteiger charge is -2.05. The van der Waals surface area contributed by atoms with Crippen molar-refractivity contribution in [1.82, 2.24) is 9.78 Å². The number of aryl methyl sites for hydroxylation is 1. The molecule has 0 saturated carbocycles. The Bertz CT molecular complexity index is 600. The molecule has 9 heteroatoms. The van der Waals surface area contributed by atoms with Gasteiger partial charge in [0.15, 0.2) is 5.82 Å². The minimum atomic E-state index is -3.64. The van der Waals surface area contributed by atoms with E-state index in [1.165, 1.54) is 18.0 Å². The number of rotatable bonds is 6. The lowest BCUT2D eigenvalue weighted by molar-refractivity contribution is -0.140. The fraction of sp³-hybridized carbons (Fsp3) is 0.500. The van der Waals surface area contributed by atoms with E-state index in [1.54, 1.807) is 7.05 Å².